The number of amides is 1. The van der Waals surface area contributed by atoms with Crippen molar-refractivity contribution in [3.8, 4) is 0 Å². The van der Waals surface area contributed by atoms with Crippen molar-refractivity contribution < 1.29 is 19.4 Å². The van der Waals surface area contributed by atoms with E-state index in [0.29, 0.717) is 25.1 Å². The highest BCUT2D eigenvalue weighted by atomic mass is 16.5. The number of fused-ring (bicyclic) bond motifs is 2. The van der Waals surface area contributed by atoms with Crippen molar-refractivity contribution in [3.05, 3.63) is 88.5 Å². The van der Waals surface area contributed by atoms with Crippen LogP contribution >= 0.6 is 0 Å². The molecule has 5 rings (SSSR count). The zero-order valence-electron chi connectivity index (χ0n) is 19.4. The SMILES string of the molecule is COCCCN1C(=O)C(=O)/C(=C(\O)c2ccc3c(c2)CCCC3)C1c1cccc2ccccc12. The second-order valence-electron chi connectivity index (χ2n) is 9.10. The van der Waals surface area contributed by atoms with E-state index in [1.54, 1.807) is 12.0 Å². The molecule has 1 heterocycles. The van der Waals surface area contributed by atoms with Crippen molar-refractivity contribution >= 4 is 28.2 Å². The van der Waals surface area contributed by atoms with Gasteiger partial charge in [0.2, 0.25) is 0 Å². The molecule has 1 fully saturated rings. The molecule has 0 bridgehead atoms. The molecule has 2 aliphatic rings. The molecule has 0 spiro atoms. The lowest BCUT2D eigenvalue weighted by Crippen LogP contribution is -2.31. The molecule has 1 atom stereocenters. The molecule has 1 N–H and O–H groups in total. The maximum absolute atomic E-state index is 13.3. The Morgan fingerprint density at radius 1 is 1.00 bits per heavy atom. The number of likely N-dealkylation sites (tertiary alicyclic amines) is 1. The van der Waals surface area contributed by atoms with Crippen LogP contribution in [-0.2, 0) is 27.2 Å². The third-order valence-corrected chi connectivity index (χ3v) is 7.03. The Bertz CT molecular complexity index is 1290. The summed E-state index contributed by atoms with van der Waals surface area (Å²) in [7, 11) is 1.62. The molecule has 1 amide bonds. The van der Waals surface area contributed by atoms with Crippen LogP contribution in [0.25, 0.3) is 16.5 Å². The Morgan fingerprint density at radius 3 is 2.59 bits per heavy atom. The summed E-state index contributed by atoms with van der Waals surface area (Å²) >= 11 is 0. The second kappa shape index (κ2) is 9.43. The van der Waals surface area contributed by atoms with E-state index in [0.717, 1.165) is 35.6 Å². The Balaban J connectivity index is 1.67. The molecule has 1 aliphatic carbocycles. The minimum Gasteiger partial charge on any atom is -0.507 e. The minimum absolute atomic E-state index is 0.0982. The lowest BCUT2D eigenvalue weighted by Gasteiger charge is -2.26. The molecule has 0 aromatic heterocycles. The number of aliphatic hydroxyl groups is 1. The van der Waals surface area contributed by atoms with Gasteiger partial charge in [0.05, 0.1) is 11.6 Å². The molecule has 174 valence electrons. The lowest BCUT2D eigenvalue weighted by atomic mass is 9.88. The first-order valence-corrected chi connectivity index (χ1v) is 12.0. The summed E-state index contributed by atoms with van der Waals surface area (Å²) in [5.41, 5.74) is 4.12. The second-order valence-corrected chi connectivity index (χ2v) is 9.10. The van der Waals surface area contributed by atoms with Gasteiger partial charge in [-0.15, -0.1) is 0 Å². The van der Waals surface area contributed by atoms with Gasteiger partial charge < -0.3 is 14.7 Å². The van der Waals surface area contributed by atoms with Crippen molar-refractivity contribution in [2.24, 2.45) is 0 Å². The van der Waals surface area contributed by atoms with Gasteiger partial charge in [-0.3, -0.25) is 9.59 Å². The van der Waals surface area contributed by atoms with Crippen LogP contribution in [0.5, 0.6) is 0 Å². The van der Waals surface area contributed by atoms with E-state index in [1.165, 1.54) is 17.5 Å². The van der Waals surface area contributed by atoms with Crippen LogP contribution in [0.2, 0.25) is 0 Å². The molecule has 3 aromatic rings. The van der Waals surface area contributed by atoms with Crippen LogP contribution in [0.15, 0.2) is 66.2 Å². The molecule has 0 radical (unpaired) electrons. The van der Waals surface area contributed by atoms with E-state index >= 15 is 0 Å². The normalized spacial score (nSPS) is 19.6. The highest BCUT2D eigenvalue weighted by molar-refractivity contribution is 6.46. The number of carbonyl (C=O) groups is 2. The van der Waals surface area contributed by atoms with Crippen molar-refractivity contribution in [2.75, 3.05) is 20.3 Å². The number of aryl methyl sites for hydroxylation is 2. The highest BCUT2D eigenvalue weighted by Crippen LogP contribution is 2.42. The van der Waals surface area contributed by atoms with E-state index in [4.69, 9.17) is 4.74 Å². The van der Waals surface area contributed by atoms with Gasteiger partial charge in [0.15, 0.2) is 0 Å². The molecular weight excluding hydrogens is 426 g/mol. The van der Waals surface area contributed by atoms with Gasteiger partial charge in [-0.1, -0.05) is 54.6 Å². The summed E-state index contributed by atoms with van der Waals surface area (Å²) in [6, 6.07) is 19.1. The Kier molecular flexibility index (Phi) is 6.20. The van der Waals surface area contributed by atoms with E-state index in [-0.39, 0.29) is 11.3 Å². The van der Waals surface area contributed by atoms with Crippen LogP contribution in [-0.4, -0.2) is 42.0 Å². The first kappa shape index (κ1) is 22.4. The predicted molar refractivity (Wildman–Crippen MR) is 133 cm³/mol. The first-order chi connectivity index (χ1) is 16.6. The first-order valence-electron chi connectivity index (χ1n) is 12.0. The third kappa shape index (κ3) is 3.90. The van der Waals surface area contributed by atoms with Crippen LogP contribution in [0, 0.1) is 0 Å². The Morgan fingerprint density at radius 2 is 1.76 bits per heavy atom. The van der Waals surface area contributed by atoms with Crippen LogP contribution < -0.4 is 0 Å². The van der Waals surface area contributed by atoms with Crippen LogP contribution in [0.4, 0.5) is 0 Å². The molecular formula is C29H29NO4. The molecule has 5 nitrogen and oxygen atoms in total. The molecule has 1 saturated heterocycles. The summed E-state index contributed by atoms with van der Waals surface area (Å²) in [4.78, 5) is 28.1. The number of rotatable bonds is 6. The molecule has 3 aromatic carbocycles. The van der Waals surface area contributed by atoms with Gasteiger partial charge in [0.25, 0.3) is 11.7 Å². The van der Waals surface area contributed by atoms with Gasteiger partial charge in [0.1, 0.15) is 5.76 Å². The summed E-state index contributed by atoms with van der Waals surface area (Å²) in [6.07, 6.45) is 4.90. The van der Waals surface area contributed by atoms with E-state index in [9.17, 15) is 14.7 Å². The number of hydrogen-bond donors (Lipinski definition) is 1. The fourth-order valence-corrected chi connectivity index (χ4v) is 5.34. The fourth-order valence-electron chi connectivity index (χ4n) is 5.34. The summed E-state index contributed by atoms with van der Waals surface area (Å²) < 4.78 is 5.19. The van der Waals surface area contributed by atoms with Gasteiger partial charge in [-0.05, 0) is 65.6 Å². The average Bonchev–Trinajstić information content (AvgIpc) is 3.12. The number of methoxy groups -OCH3 is 1. The quantitative estimate of drug-likeness (QED) is 0.241. The van der Waals surface area contributed by atoms with Crippen molar-refractivity contribution in [3.63, 3.8) is 0 Å². The Hall–Kier alpha value is -3.44. The van der Waals surface area contributed by atoms with E-state index in [1.807, 2.05) is 60.7 Å². The molecule has 34 heavy (non-hydrogen) atoms. The van der Waals surface area contributed by atoms with E-state index in [2.05, 4.69) is 0 Å². The molecule has 0 saturated carbocycles. The van der Waals surface area contributed by atoms with Crippen LogP contribution in [0.1, 0.15) is 47.6 Å². The number of ketones is 1. The van der Waals surface area contributed by atoms with Crippen LogP contribution in [0.3, 0.4) is 0 Å². The smallest absolute Gasteiger partial charge is 0.295 e. The van der Waals surface area contributed by atoms with Gasteiger partial charge in [0, 0.05) is 25.8 Å². The van der Waals surface area contributed by atoms with Crippen molar-refractivity contribution in [1.29, 1.82) is 0 Å². The Labute approximate surface area is 199 Å². The number of benzene rings is 3. The van der Waals surface area contributed by atoms with Gasteiger partial charge >= 0.3 is 0 Å². The zero-order chi connectivity index (χ0) is 23.7. The zero-order valence-corrected chi connectivity index (χ0v) is 19.4. The maximum Gasteiger partial charge on any atom is 0.295 e. The molecule has 5 heteroatoms. The largest absolute Gasteiger partial charge is 0.507 e. The highest BCUT2D eigenvalue weighted by Gasteiger charge is 2.46. The minimum atomic E-state index is -0.654. The number of Topliss-reactive ketones (excluding diaryl/α,β-unsaturated/α-hetero) is 1. The monoisotopic (exact) mass is 455 g/mol. The summed E-state index contributed by atoms with van der Waals surface area (Å²) in [6.45, 7) is 0.851. The third-order valence-electron chi connectivity index (χ3n) is 7.03. The number of ether oxygens (including phenoxy) is 1. The van der Waals surface area contributed by atoms with Crippen molar-refractivity contribution in [2.45, 2.75) is 38.1 Å². The number of nitrogens with zero attached hydrogens (tertiary/aromatic N) is 1. The standard InChI is InChI=1S/C29H29NO4/c1-34-17-7-16-30-26(24-13-6-11-20-9-4-5-12-23(20)24)25(28(32)29(30)33)27(31)22-15-14-19-8-2-3-10-21(19)18-22/h4-6,9,11-15,18,26,31H,2-3,7-8,10,16-17H2,1H3/b27-25-. The predicted octanol–water partition coefficient (Wildman–Crippen LogP) is 5.18. The number of aliphatic hydroxyl groups excluding tert-OH is 1. The maximum atomic E-state index is 13.3. The summed E-state index contributed by atoms with van der Waals surface area (Å²) in [5.74, 6) is -1.31. The van der Waals surface area contributed by atoms with Gasteiger partial charge in [-0.25, -0.2) is 0 Å². The fraction of sp³-hybridized carbons (Fsp3) is 0.310. The number of carbonyl (C=O) groups excluding carboxylic acids is 2. The number of hydrogen-bond acceptors (Lipinski definition) is 4. The van der Waals surface area contributed by atoms with Gasteiger partial charge in [-0.2, -0.15) is 0 Å². The van der Waals surface area contributed by atoms with E-state index < -0.39 is 17.7 Å². The molecule has 1 aliphatic heterocycles. The topological polar surface area (TPSA) is 66.8 Å². The molecule has 1 unspecified atom stereocenters. The summed E-state index contributed by atoms with van der Waals surface area (Å²) in [5, 5.41) is 13.4. The lowest BCUT2D eigenvalue weighted by molar-refractivity contribution is -0.140. The average molecular weight is 456 g/mol. The van der Waals surface area contributed by atoms with Crippen molar-refractivity contribution in [1.82, 2.24) is 4.90 Å².